The van der Waals surface area contributed by atoms with Crippen molar-refractivity contribution < 1.29 is 0 Å². The zero-order chi connectivity index (χ0) is 15.3. The summed E-state index contributed by atoms with van der Waals surface area (Å²) in [4.78, 5) is 11.6. The Morgan fingerprint density at radius 2 is 2.05 bits per heavy atom. The molecule has 1 aliphatic heterocycles. The first-order valence-corrected chi connectivity index (χ1v) is 8.53. The number of anilines is 1. The molecule has 3 heterocycles. The molecule has 4 rings (SSSR count). The van der Waals surface area contributed by atoms with Gasteiger partial charge in [-0.2, -0.15) is 0 Å². The molecule has 22 heavy (non-hydrogen) atoms. The lowest BCUT2D eigenvalue weighted by atomic mass is 10.0. The molecule has 1 aliphatic rings. The molecule has 0 aliphatic carbocycles. The van der Waals surface area contributed by atoms with Crippen LogP contribution in [0.2, 0.25) is 0 Å². The zero-order valence-electron chi connectivity index (χ0n) is 13.2. The molecule has 1 aromatic carbocycles. The minimum atomic E-state index is 0.697. The monoisotopic (exact) mass is 312 g/mol. The van der Waals surface area contributed by atoms with Gasteiger partial charge in [0.1, 0.15) is 5.82 Å². The summed E-state index contributed by atoms with van der Waals surface area (Å²) < 4.78 is 3.54. The van der Waals surface area contributed by atoms with Crippen molar-refractivity contribution in [2.45, 2.75) is 27.3 Å². The quantitative estimate of drug-likeness (QED) is 0.741. The molecule has 0 unspecified atom stereocenters. The highest BCUT2D eigenvalue weighted by molar-refractivity contribution is 7.22. The van der Waals surface area contributed by atoms with E-state index >= 15 is 0 Å². The minimum absolute atomic E-state index is 0.697. The van der Waals surface area contributed by atoms with E-state index < -0.39 is 0 Å². The van der Waals surface area contributed by atoms with E-state index in [9.17, 15) is 0 Å². The summed E-state index contributed by atoms with van der Waals surface area (Å²) in [6.45, 7) is 9.63. The molecule has 0 N–H and O–H groups in total. The number of nitrogens with zero attached hydrogens (tertiary/aromatic N) is 4. The van der Waals surface area contributed by atoms with E-state index in [2.05, 4.69) is 53.6 Å². The number of benzene rings is 1. The van der Waals surface area contributed by atoms with Gasteiger partial charge in [0.05, 0.1) is 10.2 Å². The maximum absolute atomic E-state index is 4.87. The highest BCUT2D eigenvalue weighted by atomic mass is 32.1. The summed E-state index contributed by atoms with van der Waals surface area (Å²) in [6.07, 6.45) is 3.95. The van der Waals surface area contributed by atoms with Crippen molar-refractivity contribution in [3.8, 4) is 0 Å². The molecule has 0 amide bonds. The van der Waals surface area contributed by atoms with Gasteiger partial charge < -0.3 is 9.47 Å². The molecule has 0 atom stereocenters. The van der Waals surface area contributed by atoms with E-state index in [4.69, 9.17) is 4.98 Å². The Kier molecular flexibility index (Phi) is 3.18. The van der Waals surface area contributed by atoms with Crippen LogP contribution in [0.1, 0.15) is 17.0 Å². The van der Waals surface area contributed by atoms with Crippen molar-refractivity contribution in [3.05, 3.63) is 41.5 Å². The summed E-state index contributed by atoms with van der Waals surface area (Å²) in [6, 6.07) is 4.39. The Morgan fingerprint density at radius 1 is 1.23 bits per heavy atom. The van der Waals surface area contributed by atoms with Gasteiger partial charge in [-0.1, -0.05) is 17.4 Å². The molecular formula is C17H20N4S. The van der Waals surface area contributed by atoms with Gasteiger partial charge in [-0.25, -0.2) is 9.97 Å². The van der Waals surface area contributed by atoms with Gasteiger partial charge in [0, 0.05) is 37.9 Å². The molecule has 114 valence electrons. The molecule has 0 bridgehead atoms. The largest absolute Gasteiger partial charge is 0.347 e. The summed E-state index contributed by atoms with van der Waals surface area (Å²) >= 11 is 1.81. The minimum Gasteiger partial charge on any atom is -0.347 e. The van der Waals surface area contributed by atoms with Crippen LogP contribution in [-0.4, -0.2) is 27.6 Å². The lowest BCUT2D eigenvalue weighted by Crippen LogP contribution is -2.48. The molecule has 0 radical (unpaired) electrons. The van der Waals surface area contributed by atoms with Gasteiger partial charge in [-0.15, -0.1) is 0 Å². The fraction of sp³-hybridized carbons (Fsp3) is 0.412. The lowest BCUT2D eigenvalue weighted by molar-refractivity contribution is 0.354. The van der Waals surface area contributed by atoms with E-state index in [1.807, 2.05) is 17.5 Å². The second-order valence-electron chi connectivity index (χ2n) is 6.25. The normalized spacial score (nSPS) is 15.5. The maximum atomic E-state index is 4.87. The fourth-order valence-corrected chi connectivity index (χ4v) is 4.11. The lowest BCUT2D eigenvalue weighted by Gasteiger charge is -2.39. The van der Waals surface area contributed by atoms with Crippen molar-refractivity contribution in [1.29, 1.82) is 0 Å². The number of hydrogen-bond acceptors (Lipinski definition) is 4. The number of aromatic nitrogens is 3. The van der Waals surface area contributed by atoms with E-state index in [-0.39, 0.29) is 0 Å². The summed E-state index contributed by atoms with van der Waals surface area (Å²) in [7, 11) is 0. The zero-order valence-corrected chi connectivity index (χ0v) is 14.0. The number of aryl methyl sites for hydroxylation is 3. The van der Waals surface area contributed by atoms with Crippen molar-refractivity contribution in [3.63, 3.8) is 0 Å². The predicted octanol–water partition coefficient (Wildman–Crippen LogP) is 3.55. The molecule has 5 heteroatoms. The SMILES string of the molecule is Cc1ccc2sc(N3CC(Cn4ccnc4C)C3)nc2c1C. The Morgan fingerprint density at radius 3 is 2.77 bits per heavy atom. The van der Waals surface area contributed by atoms with Crippen LogP contribution in [-0.2, 0) is 6.54 Å². The summed E-state index contributed by atoms with van der Waals surface area (Å²) in [5.41, 5.74) is 3.81. The van der Waals surface area contributed by atoms with Crippen molar-refractivity contribution in [2.75, 3.05) is 18.0 Å². The van der Waals surface area contributed by atoms with Crippen LogP contribution in [0, 0.1) is 26.7 Å². The molecule has 0 saturated carbocycles. The van der Waals surface area contributed by atoms with Gasteiger partial charge >= 0.3 is 0 Å². The number of imidazole rings is 1. The molecule has 1 fully saturated rings. The smallest absolute Gasteiger partial charge is 0.186 e. The van der Waals surface area contributed by atoms with E-state index in [1.165, 1.54) is 26.5 Å². The average Bonchev–Trinajstić information content (AvgIpc) is 3.05. The highest BCUT2D eigenvalue weighted by Crippen LogP contribution is 2.35. The van der Waals surface area contributed by atoms with Crippen LogP contribution in [0.15, 0.2) is 24.5 Å². The van der Waals surface area contributed by atoms with Crippen molar-refractivity contribution >= 4 is 26.7 Å². The van der Waals surface area contributed by atoms with Crippen molar-refractivity contribution in [2.24, 2.45) is 5.92 Å². The summed E-state index contributed by atoms with van der Waals surface area (Å²) in [5, 5.41) is 1.17. The number of fused-ring (bicyclic) bond motifs is 1. The predicted molar refractivity (Wildman–Crippen MR) is 91.8 cm³/mol. The van der Waals surface area contributed by atoms with E-state index in [0.29, 0.717) is 5.92 Å². The Labute approximate surface area is 134 Å². The van der Waals surface area contributed by atoms with Crippen LogP contribution in [0.25, 0.3) is 10.2 Å². The van der Waals surface area contributed by atoms with Gasteiger partial charge in [-0.05, 0) is 38.0 Å². The molecule has 4 nitrogen and oxygen atoms in total. The fourth-order valence-electron chi connectivity index (χ4n) is 3.07. The van der Waals surface area contributed by atoms with Crippen LogP contribution < -0.4 is 4.90 Å². The summed E-state index contributed by atoms with van der Waals surface area (Å²) in [5.74, 6) is 1.80. The molecule has 3 aromatic rings. The highest BCUT2D eigenvalue weighted by Gasteiger charge is 2.29. The third-order valence-electron chi connectivity index (χ3n) is 4.68. The second-order valence-corrected chi connectivity index (χ2v) is 7.26. The standard InChI is InChI=1S/C17H20N4S/c1-11-4-5-15-16(12(11)2)19-17(22-15)21-9-14(10-21)8-20-7-6-18-13(20)3/h4-7,14H,8-10H2,1-3H3. The first-order valence-electron chi connectivity index (χ1n) is 7.71. The number of hydrogen-bond donors (Lipinski definition) is 0. The van der Waals surface area contributed by atoms with Gasteiger partial charge in [0.15, 0.2) is 5.13 Å². The van der Waals surface area contributed by atoms with Crippen LogP contribution in [0.4, 0.5) is 5.13 Å². The van der Waals surface area contributed by atoms with E-state index in [0.717, 1.165) is 25.5 Å². The Hall–Kier alpha value is -1.88. The Bertz CT molecular complexity index is 826. The number of thiazole rings is 1. The molecule has 0 spiro atoms. The van der Waals surface area contributed by atoms with E-state index in [1.54, 1.807) is 0 Å². The van der Waals surface area contributed by atoms with Gasteiger partial charge in [0.25, 0.3) is 0 Å². The third kappa shape index (κ3) is 2.20. The molecule has 2 aromatic heterocycles. The maximum Gasteiger partial charge on any atom is 0.186 e. The first-order chi connectivity index (χ1) is 10.6. The second kappa shape index (κ2) is 5.09. The average molecular weight is 312 g/mol. The van der Waals surface area contributed by atoms with Crippen LogP contribution in [0.5, 0.6) is 0 Å². The molecule has 1 saturated heterocycles. The van der Waals surface area contributed by atoms with Crippen LogP contribution >= 0.6 is 11.3 Å². The Balaban J connectivity index is 1.49. The topological polar surface area (TPSA) is 34.0 Å². The first kappa shape index (κ1) is 13.8. The molecular weight excluding hydrogens is 292 g/mol. The van der Waals surface area contributed by atoms with Crippen molar-refractivity contribution in [1.82, 2.24) is 14.5 Å². The third-order valence-corrected chi connectivity index (χ3v) is 5.76. The van der Waals surface area contributed by atoms with Crippen LogP contribution in [0.3, 0.4) is 0 Å². The van der Waals surface area contributed by atoms with Gasteiger partial charge in [0.2, 0.25) is 0 Å². The van der Waals surface area contributed by atoms with Gasteiger partial charge in [-0.3, -0.25) is 0 Å². The number of rotatable bonds is 3.